The van der Waals surface area contributed by atoms with Crippen molar-refractivity contribution < 1.29 is 24.2 Å². The van der Waals surface area contributed by atoms with Crippen LogP contribution in [-0.4, -0.2) is 69.0 Å². The largest absolute Gasteiger partial charge is 0.389 e. The quantitative estimate of drug-likeness (QED) is 0.355. The van der Waals surface area contributed by atoms with Crippen LogP contribution < -0.4 is 10.6 Å². The molecule has 0 radical (unpaired) electrons. The van der Waals surface area contributed by atoms with Gasteiger partial charge >= 0.3 is 0 Å². The maximum Gasteiger partial charge on any atom is 0.240 e. The van der Waals surface area contributed by atoms with Gasteiger partial charge in [0.05, 0.1) is 22.1 Å². The zero-order valence-electron chi connectivity index (χ0n) is 20.4. The number of carbonyl (C=O) groups is 2. The lowest BCUT2D eigenvalue weighted by atomic mass is 9.85. The van der Waals surface area contributed by atoms with E-state index in [9.17, 15) is 24.2 Å². The molecule has 0 saturated carbocycles. The van der Waals surface area contributed by atoms with Crippen LogP contribution in [0.3, 0.4) is 0 Å². The van der Waals surface area contributed by atoms with Gasteiger partial charge in [0.15, 0.2) is 6.17 Å². The summed E-state index contributed by atoms with van der Waals surface area (Å²) in [5.74, 6) is -0.991. The summed E-state index contributed by atoms with van der Waals surface area (Å²) in [6, 6.07) is 3.70. The maximum atomic E-state index is 15.0. The number of aliphatic hydroxyl groups is 2. The zero-order valence-corrected chi connectivity index (χ0v) is 23.4. The number of aryl methyl sites for hydroxylation is 1. The van der Waals surface area contributed by atoms with E-state index >= 15 is 0 Å². The van der Waals surface area contributed by atoms with Crippen molar-refractivity contribution in [3.63, 3.8) is 0 Å². The lowest BCUT2D eigenvalue weighted by molar-refractivity contribution is -0.136. The summed E-state index contributed by atoms with van der Waals surface area (Å²) in [7, 11) is 0. The molecule has 3 rings (SSSR count). The van der Waals surface area contributed by atoms with Crippen LogP contribution in [0.25, 0.3) is 10.4 Å². The number of carbonyl (C=O) groups excluding carboxylic acids is 2. The molecule has 2 amide bonds. The molecule has 192 valence electrons. The second-order valence-corrected chi connectivity index (χ2v) is 11.9. The van der Waals surface area contributed by atoms with Crippen LogP contribution in [0.15, 0.2) is 23.7 Å². The summed E-state index contributed by atoms with van der Waals surface area (Å²) in [6.07, 6.45) is -4.68. The molecule has 8 nitrogen and oxygen atoms in total. The molecule has 5 atom stereocenters. The molecule has 2 heterocycles. The van der Waals surface area contributed by atoms with Gasteiger partial charge in [0.1, 0.15) is 18.4 Å². The van der Waals surface area contributed by atoms with Crippen LogP contribution in [0.2, 0.25) is 0 Å². The van der Waals surface area contributed by atoms with Gasteiger partial charge in [0.25, 0.3) is 0 Å². The monoisotopic (exact) mass is 618 g/mol. The third kappa shape index (κ3) is 6.37. The summed E-state index contributed by atoms with van der Waals surface area (Å²) in [5.41, 5.74) is 4.06. The van der Waals surface area contributed by atoms with Gasteiger partial charge in [-0.25, -0.2) is 9.37 Å². The van der Waals surface area contributed by atoms with Gasteiger partial charge in [-0.15, -0.1) is 11.3 Å². The summed E-state index contributed by atoms with van der Waals surface area (Å²) in [6.45, 7) is 8.69. The van der Waals surface area contributed by atoms with Crippen LogP contribution in [0.4, 0.5) is 4.39 Å². The van der Waals surface area contributed by atoms with Gasteiger partial charge < -0.3 is 20.8 Å². The fraction of sp³-hybridized carbons (Fsp3) is 0.542. The number of β-amino-alcohol motifs (C(OH)–C–C–N with tert-alkyl or cyclic N) is 1. The predicted molar refractivity (Wildman–Crippen MR) is 141 cm³/mol. The summed E-state index contributed by atoms with van der Waals surface area (Å²) < 4.78 is 15.9. The van der Waals surface area contributed by atoms with Crippen molar-refractivity contribution in [2.45, 2.75) is 71.8 Å². The fourth-order valence-corrected chi connectivity index (χ4v) is 5.75. The van der Waals surface area contributed by atoms with Gasteiger partial charge in [-0.05, 0) is 52.1 Å². The van der Waals surface area contributed by atoms with Crippen LogP contribution in [0.5, 0.6) is 0 Å². The molecule has 35 heavy (non-hydrogen) atoms. The van der Waals surface area contributed by atoms with Gasteiger partial charge in [0, 0.05) is 23.6 Å². The minimum atomic E-state index is -1.88. The first-order valence-electron chi connectivity index (χ1n) is 11.3. The average Bonchev–Trinajstić information content (AvgIpc) is 3.32. The van der Waals surface area contributed by atoms with Gasteiger partial charge in [-0.2, -0.15) is 0 Å². The third-order valence-electron chi connectivity index (χ3n) is 6.14. The van der Waals surface area contributed by atoms with Crippen molar-refractivity contribution in [3.05, 3.63) is 38.5 Å². The van der Waals surface area contributed by atoms with Crippen molar-refractivity contribution >= 4 is 45.7 Å². The minimum Gasteiger partial charge on any atom is -0.389 e. The number of alkyl halides is 1. The molecular formula is C24H32FIN4O4S. The predicted octanol–water partition coefficient (Wildman–Crippen LogP) is 2.59. The third-order valence-corrected chi connectivity index (χ3v) is 8.12. The van der Waals surface area contributed by atoms with E-state index in [4.69, 9.17) is 0 Å². The molecule has 1 aromatic carbocycles. The van der Waals surface area contributed by atoms with Crippen LogP contribution in [-0.2, 0) is 16.1 Å². The number of nitrogens with zero attached hydrogens (tertiary/aromatic N) is 2. The number of halogens is 2. The molecule has 0 aliphatic carbocycles. The molecule has 1 fully saturated rings. The first-order chi connectivity index (χ1) is 16.3. The molecule has 1 aliphatic rings. The number of amides is 2. The van der Waals surface area contributed by atoms with E-state index in [1.54, 1.807) is 16.8 Å². The number of benzene rings is 1. The lowest BCUT2D eigenvalue weighted by Crippen LogP contribution is -2.60. The Bertz CT molecular complexity index is 1080. The number of aromatic nitrogens is 1. The molecular weight excluding hydrogens is 586 g/mol. The Morgan fingerprint density at radius 3 is 2.60 bits per heavy atom. The number of aliphatic hydroxyl groups excluding tert-OH is 2. The molecule has 4 N–H and O–H groups in total. The highest BCUT2D eigenvalue weighted by Crippen LogP contribution is 2.31. The summed E-state index contributed by atoms with van der Waals surface area (Å²) >= 11 is 3.75. The summed E-state index contributed by atoms with van der Waals surface area (Å²) in [5, 5.41) is 26.7. The fourth-order valence-electron chi connectivity index (χ4n) is 4.24. The Labute approximate surface area is 222 Å². The Morgan fingerprint density at radius 1 is 1.37 bits per heavy atom. The SMILES string of the molecule is CC(=O)NC(C(O)N1CC(O)C(F)C1C(=O)NCc1ccc(-c2scnc2C)cc1I)C(C)(C)C. The highest BCUT2D eigenvalue weighted by atomic mass is 127. The number of rotatable bonds is 7. The second-order valence-electron chi connectivity index (χ2n) is 9.90. The Morgan fingerprint density at radius 2 is 2.06 bits per heavy atom. The molecule has 1 aliphatic heterocycles. The number of hydrogen-bond donors (Lipinski definition) is 4. The highest BCUT2D eigenvalue weighted by Gasteiger charge is 2.50. The average molecular weight is 619 g/mol. The van der Waals surface area contributed by atoms with Crippen molar-refractivity contribution in [3.8, 4) is 10.4 Å². The standard InChI is InChI=1S/C24H32FIN4O4S/c1-12-20(35-11-28-12)14-6-7-15(16(26)8-14)9-27-22(33)19-18(25)17(32)10-30(19)23(34)21(24(3,4)5)29-13(2)31/h6-8,11,17-19,21,23,32,34H,9-10H2,1-5H3,(H,27,33)(H,29,31). The van der Waals surface area contributed by atoms with Crippen molar-refractivity contribution in [2.75, 3.05) is 6.54 Å². The number of hydrogen-bond acceptors (Lipinski definition) is 7. The molecule has 5 unspecified atom stereocenters. The Kier molecular flexibility index (Phi) is 8.90. The molecule has 2 aromatic rings. The lowest BCUT2D eigenvalue weighted by Gasteiger charge is -2.40. The first-order valence-corrected chi connectivity index (χ1v) is 13.3. The van der Waals surface area contributed by atoms with E-state index in [1.807, 2.05) is 45.9 Å². The van der Waals surface area contributed by atoms with Crippen LogP contribution in [0, 0.1) is 15.9 Å². The Hall–Kier alpha value is -1.67. The number of thiazole rings is 1. The minimum absolute atomic E-state index is 0.163. The molecule has 11 heteroatoms. The summed E-state index contributed by atoms with van der Waals surface area (Å²) in [4.78, 5) is 31.4. The van der Waals surface area contributed by atoms with Crippen LogP contribution in [0.1, 0.15) is 39.0 Å². The van der Waals surface area contributed by atoms with E-state index in [0.29, 0.717) is 0 Å². The normalized spacial score (nSPS) is 22.6. The van der Waals surface area contributed by atoms with E-state index in [0.717, 1.165) is 25.3 Å². The smallest absolute Gasteiger partial charge is 0.240 e. The Balaban J connectivity index is 1.75. The van der Waals surface area contributed by atoms with Crippen molar-refractivity contribution in [2.24, 2.45) is 5.41 Å². The van der Waals surface area contributed by atoms with E-state index in [1.165, 1.54) is 11.8 Å². The van der Waals surface area contributed by atoms with Crippen molar-refractivity contribution in [1.82, 2.24) is 20.5 Å². The highest BCUT2D eigenvalue weighted by molar-refractivity contribution is 14.1. The maximum absolute atomic E-state index is 15.0. The first kappa shape index (κ1) is 27.9. The van der Waals surface area contributed by atoms with Gasteiger partial charge in [-0.3, -0.25) is 14.5 Å². The van der Waals surface area contributed by atoms with Gasteiger partial charge in [0.2, 0.25) is 11.8 Å². The molecule has 1 saturated heterocycles. The topological polar surface area (TPSA) is 115 Å². The van der Waals surface area contributed by atoms with E-state index in [2.05, 4.69) is 38.2 Å². The zero-order chi connectivity index (χ0) is 26.1. The van der Waals surface area contributed by atoms with E-state index in [-0.39, 0.29) is 19.0 Å². The second kappa shape index (κ2) is 11.2. The number of nitrogens with one attached hydrogen (secondary N) is 2. The molecule has 1 aromatic heterocycles. The molecule has 0 spiro atoms. The van der Waals surface area contributed by atoms with Gasteiger partial charge in [-0.1, -0.05) is 32.9 Å². The van der Waals surface area contributed by atoms with Crippen LogP contribution >= 0.6 is 33.9 Å². The van der Waals surface area contributed by atoms with Crippen molar-refractivity contribution in [1.29, 1.82) is 0 Å². The number of likely N-dealkylation sites (tertiary alicyclic amines) is 1. The molecule has 0 bridgehead atoms. The van der Waals surface area contributed by atoms with E-state index < -0.39 is 41.9 Å².